The van der Waals surface area contributed by atoms with Crippen LogP contribution in [0.5, 0.6) is 0 Å². The van der Waals surface area contributed by atoms with E-state index in [2.05, 4.69) is 19.2 Å². The van der Waals surface area contributed by atoms with Gasteiger partial charge in [-0.1, -0.05) is 33.6 Å². The van der Waals surface area contributed by atoms with Gasteiger partial charge in [0.2, 0.25) is 5.91 Å². The van der Waals surface area contributed by atoms with Crippen LogP contribution in [0.4, 0.5) is 0 Å². The summed E-state index contributed by atoms with van der Waals surface area (Å²) in [4.78, 5) is 11.6. The van der Waals surface area contributed by atoms with E-state index in [-0.39, 0.29) is 11.8 Å². The lowest BCUT2D eigenvalue weighted by molar-refractivity contribution is -0.124. The highest BCUT2D eigenvalue weighted by Gasteiger charge is 2.13. The molecule has 0 aliphatic heterocycles. The lowest BCUT2D eigenvalue weighted by Gasteiger charge is -2.16. The third-order valence-corrected chi connectivity index (χ3v) is 2.89. The molecule has 0 aromatic rings. The lowest BCUT2D eigenvalue weighted by Crippen LogP contribution is -2.33. The maximum Gasteiger partial charge on any atom is 0.222 e. The fourth-order valence-electron chi connectivity index (χ4n) is 1.67. The molecular weight excluding hydrogens is 188 g/mol. The van der Waals surface area contributed by atoms with Crippen molar-refractivity contribution < 1.29 is 4.79 Å². The molecule has 3 heteroatoms. The second-order valence-electron chi connectivity index (χ2n) is 4.29. The molecule has 1 amide bonds. The van der Waals surface area contributed by atoms with Gasteiger partial charge in [0.15, 0.2) is 0 Å². The number of nitrogens with two attached hydrogens (primary N) is 1. The minimum Gasteiger partial charge on any atom is -0.356 e. The molecule has 0 aliphatic carbocycles. The fraction of sp³-hybridized carbons (Fsp3) is 0.917. The Kier molecular flexibility index (Phi) is 8.38. The second-order valence-corrected chi connectivity index (χ2v) is 4.29. The highest BCUT2D eigenvalue weighted by molar-refractivity contribution is 5.78. The maximum absolute atomic E-state index is 11.6. The van der Waals surface area contributed by atoms with Gasteiger partial charge in [-0.2, -0.15) is 0 Å². The van der Waals surface area contributed by atoms with Crippen LogP contribution in [-0.4, -0.2) is 19.0 Å². The second kappa shape index (κ2) is 8.72. The Labute approximate surface area is 93.8 Å². The van der Waals surface area contributed by atoms with Gasteiger partial charge in [-0.15, -0.1) is 0 Å². The first-order valence-corrected chi connectivity index (χ1v) is 6.13. The van der Waals surface area contributed by atoms with Crippen molar-refractivity contribution in [2.24, 2.45) is 17.6 Å². The van der Waals surface area contributed by atoms with Crippen molar-refractivity contribution in [2.75, 3.05) is 13.1 Å². The van der Waals surface area contributed by atoms with Crippen molar-refractivity contribution in [3.63, 3.8) is 0 Å². The maximum atomic E-state index is 11.6. The van der Waals surface area contributed by atoms with Gasteiger partial charge in [0.25, 0.3) is 0 Å². The number of carbonyl (C=O) groups is 1. The number of hydrogen-bond donors (Lipinski definition) is 2. The van der Waals surface area contributed by atoms with Crippen LogP contribution in [-0.2, 0) is 4.79 Å². The highest BCUT2D eigenvalue weighted by Crippen LogP contribution is 2.08. The first kappa shape index (κ1) is 14.4. The summed E-state index contributed by atoms with van der Waals surface area (Å²) in [5, 5.41) is 3.01. The molecule has 3 N–H and O–H groups in total. The minimum absolute atomic E-state index is 0.144. The molecule has 0 aliphatic rings. The Morgan fingerprint density at radius 2 is 2.00 bits per heavy atom. The Hall–Kier alpha value is -0.570. The molecule has 0 fully saturated rings. The van der Waals surface area contributed by atoms with E-state index in [1.807, 2.05) is 6.92 Å². The van der Waals surface area contributed by atoms with Crippen LogP contribution in [0.2, 0.25) is 0 Å². The molecule has 3 nitrogen and oxygen atoms in total. The quantitative estimate of drug-likeness (QED) is 0.648. The van der Waals surface area contributed by atoms with Crippen LogP contribution >= 0.6 is 0 Å². The lowest BCUT2D eigenvalue weighted by atomic mass is 10.0. The van der Waals surface area contributed by atoms with Gasteiger partial charge in [-0.25, -0.2) is 0 Å². The van der Waals surface area contributed by atoms with Crippen LogP contribution in [0, 0.1) is 11.8 Å². The summed E-state index contributed by atoms with van der Waals surface area (Å²) in [6, 6.07) is 0. The first-order chi connectivity index (χ1) is 7.15. The molecule has 0 rings (SSSR count). The number of carbonyl (C=O) groups excluding carboxylic acids is 1. The molecule has 0 saturated heterocycles. The Balaban J connectivity index is 3.76. The number of amides is 1. The first-order valence-electron chi connectivity index (χ1n) is 6.13. The average Bonchev–Trinajstić information content (AvgIpc) is 2.24. The van der Waals surface area contributed by atoms with E-state index in [0.717, 1.165) is 32.2 Å². The normalized spacial score (nSPS) is 14.7. The number of nitrogens with one attached hydrogen (secondary N) is 1. The molecule has 0 aromatic carbocycles. The van der Waals surface area contributed by atoms with Gasteiger partial charge in [-0.3, -0.25) is 4.79 Å². The Morgan fingerprint density at radius 1 is 1.33 bits per heavy atom. The topological polar surface area (TPSA) is 55.1 Å². The highest BCUT2D eigenvalue weighted by atomic mass is 16.1. The molecule has 2 unspecified atom stereocenters. The third-order valence-electron chi connectivity index (χ3n) is 2.89. The molecule has 0 bridgehead atoms. The molecule has 0 saturated carbocycles. The average molecular weight is 214 g/mol. The predicted octanol–water partition coefficient (Wildman–Crippen LogP) is 1.91. The largest absolute Gasteiger partial charge is 0.356 e. The summed E-state index contributed by atoms with van der Waals surface area (Å²) in [5.74, 6) is 0.866. The minimum atomic E-state index is 0.144. The monoisotopic (exact) mass is 214 g/mol. The summed E-state index contributed by atoms with van der Waals surface area (Å²) >= 11 is 0. The zero-order valence-corrected chi connectivity index (χ0v) is 10.4. The summed E-state index contributed by atoms with van der Waals surface area (Å²) in [5.41, 5.74) is 5.51. The smallest absolute Gasteiger partial charge is 0.222 e. The molecule has 15 heavy (non-hydrogen) atoms. The van der Waals surface area contributed by atoms with Gasteiger partial charge >= 0.3 is 0 Å². The fourth-order valence-corrected chi connectivity index (χ4v) is 1.67. The van der Waals surface area contributed by atoms with Crippen LogP contribution in [0.3, 0.4) is 0 Å². The van der Waals surface area contributed by atoms with E-state index in [1.54, 1.807) is 0 Å². The summed E-state index contributed by atoms with van der Waals surface area (Å²) in [7, 11) is 0. The van der Waals surface area contributed by atoms with E-state index >= 15 is 0 Å². The van der Waals surface area contributed by atoms with Crippen molar-refractivity contribution in [2.45, 2.75) is 46.5 Å². The van der Waals surface area contributed by atoms with Crippen LogP contribution < -0.4 is 11.1 Å². The van der Waals surface area contributed by atoms with Crippen LogP contribution in [0.25, 0.3) is 0 Å². The zero-order valence-electron chi connectivity index (χ0n) is 10.4. The molecular formula is C12H26N2O. The molecule has 0 aromatic heterocycles. The van der Waals surface area contributed by atoms with Crippen molar-refractivity contribution in [1.82, 2.24) is 5.32 Å². The van der Waals surface area contributed by atoms with Crippen molar-refractivity contribution in [3.8, 4) is 0 Å². The van der Waals surface area contributed by atoms with Gasteiger partial charge in [0.05, 0.1) is 0 Å². The molecule has 0 radical (unpaired) electrons. The summed E-state index contributed by atoms with van der Waals surface area (Å²) in [6.07, 6.45) is 4.12. The third kappa shape index (κ3) is 6.50. The standard InChI is InChI=1S/C12H26N2O/c1-4-6-10(3)12(15)14-9-11(5-2)7-8-13/h10-11H,4-9,13H2,1-3H3,(H,14,15). The molecule has 0 heterocycles. The Bertz CT molecular complexity index is 171. The zero-order chi connectivity index (χ0) is 11.7. The summed E-state index contributed by atoms with van der Waals surface area (Å²) in [6.45, 7) is 7.72. The van der Waals surface area contributed by atoms with Crippen LogP contribution in [0.1, 0.15) is 46.5 Å². The van der Waals surface area contributed by atoms with Crippen molar-refractivity contribution in [3.05, 3.63) is 0 Å². The predicted molar refractivity (Wildman–Crippen MR) is 64.5 cm³/mol. The number of hydrogen-bond acceptors (Lipinski definition) is 2. The van der Waals surface area contributed by atoms with Crippen molar-refractivity contribution >= 4 is 5.91 Å². The SMILES string of the molecule is CCCC(C)C(=O)NCC(CC)CCN. The van der Waals surface area contributed by atoms with E-state index in [1.165, 1.54) is 0 Å². The van der Waals surface area contributed by atoms with Gasteiger partial charge < -0.3 is 11.1 Å². The molecule has 0 spiro atoms. The number of rotatable bonds is 8. The van der Waals surface area contributed by atoms with E-state index in [0.29, 0.717) is 12.5 Å². The van der Waals surface area contributed by atoms with E-state index < -0.39 is 0 Å². The van der Waals surface area contributed by atoms with Crippen molar-refractivity contribution in [1.29, 1.82) is 0 Å². The van der Waals surface area contributed by atoms with Gasteiger partial charge in [0, 0.05) is 12.5 Å². The van der Waals surface area contributed by atoms with E-state index in [4.69, 9.17) is 5.73 Å². The van der Waals surface area contributed by atoms with Gasteiger partial charge in [0.1, 0.15) is 0 Å². The summed E-state index contributed by atoms with van der Waals surface area (Å²) < 4.78 is 0. The molecule has 90 valence electrons. The van der Waals surface area contributed by atoms with Gasteiger partial charge in [-0.05, 0) is 25.3 Å². The molecule has 2 atom stereocenters. The Morgan fingerprint density at radius 3 is 2.47 bits per heavy atom. The van der Waals surface area contributed by atoms with Crippen LogP contribution in [0.15, 0.2) is 0 Å². The van der Waals surface area contributed by atoms with E-state index in [9.17, 15) is 4.79 Å².